The molecule has 3 heteroatoms. The van der Waals surface area contributed by atoms with E-state index < -0.39 is 0 Å². The second-order valence-corrected chi connectivity index (χ2v) is 5.18. The minimum atomic E-state index is 0.790. The molecule has 0 fully saturated rings. The first-order valence-electron chi connectivity index (χ1n) is 6.12. The first-order chi connectivity index (χ1) is 8.21. The fourth-order valence-corrected chi connectivity index (χ4v) is 2.71. The van der Waals surface area contributed by atoms with Crippen LogP contribution in [0.1, 0.15) is 29.8 Å². The van der Waals surface area contributed by atoms with Crippen molar-refractivity contribution < 1.29 is 4.79 Å². The van der Waals surface area contributed by atoms with Crippen LogP contribution in [0.25, 0.3) is 0 Å². The van der Waals surface area contributed by atoms with Crippen LogP contribution in [0, 0.1) is 6.92 Å². The molecule has 0 saturated heterocycles. The molecule has 1 rings (SSSR count). The van der Waals surface area contributed by atoms with Crippen molar-refractivity contribution in [2.24, 2.45) is 0 Å². The van der Waals surface area contributed by atoms with E-state index in [4.69, 9.17) is 0 Å². The van der Waals surface area contributed by atoms with Gasteiger partial charge in [-0.15, -0.1) is 11.8 Å². The fraction of sp³-hybridized carbons (Fsp3) is 0.500. The van der Waals surface area contributed by atoms with E-state index in [0.29, 0.717) is 0 Å². The predicted octanol–water partition coefficient (Wildman–Crippen LogP) is 3.24. The van der Waals surface area contributed by atoms with Gasteiger partial charge >= 0.3 is 0 Å². The van der Waals surface area contributed by atoms with Gasteiger partial charge in [-0.05, 0) is 37.7 Å². The van der Waals surface area contributed by atoms with Crippen molar-refractivity contribution in [3.8, 4) is 0 Å². The summed E-state index contributed by atoms with van der Waals surface area (Å²) in [5.74, 6) is 1.10. The number of rotatable bonds is 7. The smallest absolute Gasteiger partial charge is 0.150 e. The third-order valence-electron chi connectivity index (χ3n) is 2.94. The molecule has 0 saturated carbocycles. The van der Waals surface area contributed by atoms with Crippen LogP contribution in [0.5, 0.6) is 0 Å². The molecule has 0 spiro atoms. The second-order valence-electron chi connectivity index (χ2n) is 4.01. The molecule has 0 amide bonds. The van der Waals surface area contributed by atoms with Gasteiger partial charge in [-0.1, -0.05) is 19.9 Å². The van der Waals surface area contributed by atoms with Gasteiger partial charge in [0.2, 0.25) is 0 Å². The first kappa shape index (κ1) is 14.3. The van der Waals surface area contributed by atoms with E-state index in [2.05, 4.69) is 24.8 Å². The molecule has 0 unspecified atom stereocenters. The quantitative estimate of drug-likeness (QED) is 0.548. The summed E-state index contributed by atoms with van der Waals surface area (Å²) in [7, 11) is 0. The lowest BCUT2D eigenvalue weighted by atomic mass is 10.1. The van der Waals surface area contributed by atoms with E-state index in [9.17, 15) is 4.79 Å². The lowest BCUT2D eigenvalue weighted by molar-refractivity contribution is 0.112. The summed E-state index contributed by atoms with van der Waals surface area (Å²) in [5.41, 5.74) is 1.85. The Kier molecular flexibility index (Phi) is 6.30. The van der Waals surface area contributed by atoms with Crippen LogP contribution in [0.4, 0.5) is 0 Å². The minimum Gasteiger partial charge on any atom is -0.303 e. The van der Waals surface area contributed by atoms with Crippen molar-refractivity contribution in [2.45, 2.75) is 25.7 Å². The number of thioether (sulfide) groups is 1. The van der Waals surface area contributed by atoms with Gasteiger partial charge in [0.25, 0.3) is 0 Å². The molecule has 0 aliphatic rings. The summed E-state index contributed by atoms with van der Waals surface area (Å²) in [5, 5.41) is 0. The van der Waals surface area contributed by atoms with E-state index in [1.165, 1.54) is 4.90 Å². The van der Waals surface area contributed by atoms with Crippen molar-refractivity contribution >= 4 is 18.0 Å². The zero-order valence-electron chi connectivity index (χ0n) is 10.9. The Balaban J connectivity index is 2.47. The van der Waals surface area contributed by atoms with Crippen LogP contribution in [0.15, 0.2) is 23.1 Å². The zero-order valence-corrected chi connectivity index (χ0v) is 11.7. The van der Waals surface area contributed by atoms with E-state index in [0.717, 1.165) is 42.8 Å². The Morgan fingerprint density at radius 1 is 1.29 bits per heavy atom. The van der Waals surface area contributed by atoms with Crippen LogP contribution in [-0.4, -0.2) is 36.6 Å². The molecule has 94 valence electrons. The molecular formula is C14H21NOS. The van der Waals surface area contributed by atoms with Gasteiger partial charge in [0, 0.05) is 22.8 Å². The number of aryl methyl sites for hydroxylation is 1. The molecule has 0 atom stereocenters. The first-order valence-corrected chi connectivity index (χ1v) is 7.10. The molecule has 0 aliphatic carbocycles. The van der Waals surface area contributed by atoms with Gasteiger partial charge in [-0.2, -0.15) is 0 Å². The summed E-state index contributed by atoms with van der Waals surface area (Å²) in [6.45, 7) is 9.71. The summed E-state index contributed by atoms with van der Waals surface area (Å²) in [6.07, 6.45) is 0.916. The number of benzene rings is 1. The molecule has 0 bridgehead atoms. The van der Waals surface area contributed by atoms with Crippen molar-refractivity contribution in [1.29, 1.82) is 0 Å². The van der Waals surface area contributed by atoms with Crippen LogP contribution in [0.2, 0.25) is 0 Å². The number of nitrogens with zero attached hydrogens (tertiary/aromatic N) is 1. The maximum Gasteiger partial charge on any atom is 0.150 e. The van der Waals surface area contributed by atoms with Crippen molar-refractivity contribution in [3.63, 3.8) is 0 Å². The highest BCUT2D eigenvalue weighted by atomic mass is 32.2. The number of carbonyl (C=O) groups is 1. The largest absolute Gasteiger partial charge is 0.303 e. The molecule has 1 aromatic rings. The molecule has 17 heavy (non-hydrogen) atoms. The molecule has 1 aromatic carbocycles. The third kappa shape index (κ3) is 4.52. The number of hydrogen-bond acceptors (Lipinski definition) is 3. The second kappa shape index (κ2) is 7.51. The van der Waals surface area contributed by atoms with Gasteiger partial charge in [-0.3, -0.25) is 4.79 Å². The topological polar surface area (TPSA) is 20.3 Å². The number of carbonyl (C=O) groups excluding carboxylic acids is 1. The Bertz CT molecular complexity index is 361. The highest BCUT2D eigenvalue weighted by Crippen LogP contribution is 2.20. The molecular weight excluding hydrogens is 230 g/mol. The molecule has 0 radical (unpaired) electrons. The highest BCUT2D eigenvalue weighted by Gasteiger charge is 2.02. The Morgan fingerprint density at radius 2 is 2.00 bits per heavy atom. The molecule has 2 nitrogen and oxygen atoms in total. The van der Waals surface area contributed by atoms with Crippen LogP contribution < -0.4 is 0 Å². The Hall–Kier alpha value is -0.800. The van der Waals surface area contributed by atoms with Crippen molar-refractivity contribution in [1.82, 2.24) is 4.90 Å². The van der Waals surface area contributed by atoms with Gasteiger partial charge in [-0.25, -0.2) is 0 Å². The lowest BCUT2D eigenvalue weighted by Crippen LogP contribution is -2.25. The number of hydrogen-bond donors (Lipinski definition) is 0. The fourth-order valence-electron chi connectivity index (χ4n) is 1.70. The van der Waals surface area contributed by atoms with Gasteiger partial charge in [0.1, 0.15) is 6.29 Å². The summed E-state index contributed by atoms with van der Waals surface area (Å²) in [6, 6.07) is 6.03. The third-order valence-corrected chi connectivity index (χ3v) is 3.91. The SMILES string of the molecule is CCN(CC)CCSc1ccc(C=O)c(C)c1. The van der Waals surface area contributed by atoms with Crippen LogP contribution in [0.3, 0.4) is 0 Å². The van der Waals surface area contributed by atoms with E-state index in [1.807, 2.05) is 30.8 Å². The normalized spacial score (nSPS) is 10.8. The molecule has 0 aliphatic heterocycles. The predicted molar refractivity (Wildman–Crippen MR) is 75.1 cm³/mol. The van der Waals surface area contributed by atoms with Gasteiger partial charge in [0.15, 0.2) is 0 Å². The van der Waals surface area contributed by atoms with E-state index in [1.54, 1.807) is 0 Å². The highest BCUT2D eigenvalue weighted by molar-refractivity contribution is 7.99. The molecule has 0 aromatic heterocycles. The van der Waals surface area contributed by atoms with E-state index in [-0.39, 0.29) is 0 Å². The molecule has 0 N–H and O–H groups in total. The monoisotopic (exact) mass is 251 g/mol. The summed E-state index contributed by atoms with van der Waals surface area (Å²) >= 11 is 1.86. The van der Waals surface area contributed by atoms with Gasteiger partial charge < -0.3 is 4.90 Å². The maximum absolute atomic E-state index is 10.7. The maximum atomic E-state index is 10.7. The summed E-state index contributed by atoms with van der Waals surface area (Å²) in [4.78, 5) is 14.4. The Labute approximate surface area is 108 Å². The zero-order chi connectivity index (χ0) is 12.7. The summed E-state index contributed by atoms with van der Waals surface area (Å²) < 4.78 is 0. The Morgan fingerprint density at radius 3 is 2.53 bits per heavy atom. The van der Waals surface area contributed by atoms with Crippen molar-refractivity contribution in [3.05, 3.63) is 29.3 Å². The van der Waals surface area contributed by atoms with Crippen molar-refractivity contribution in [2.75, 3.05) is 25.4 Å². The molecule has 0 heterocycles. The average Bonchev–Trinajstić information content (AvgIpc) is 2.35. The average molecular weight is 251 g/mol. The lowest BCUT2D eigenvalue weighted by Gasteiger charge is -2.17. The minimum absolute atomic E-state index is 0.790. The van der Waals surface area contributed by atoms with Crippen LogP contribution in [-0.2, 0) is 0 Å². The standard InChI is InChI=1S/C14H21NOS/c1-4-15(5-2)8-9-17-14-7-6-13(11-16)12(3)10-14/h6-7,10-11H,4-5,8-9H2,1-3H3. The van der Waals surface area contributed by atoms with E-state index >= 15 is 0 Å². The number of aldehydes is 1. The van der Waals surface area contributed by atoms with Crippen LogP contribution >= 0.6 is 11.8 Å². The van der Waals surface area contributed by atoms with Gasteiger partial charge in [0.05, 0.1) is 0 Å².